The first kappa shape index (κ1) is 26.6. The van der Waals surface area contributed by atoms with Gasteiger partial charge < -0.3 is 19.9 Å². The predicted molar refractivity (Wildman–Crippen MR) is 161 cm³/mol. The number of nitrogens with zero attached hydrogens (tertiary/aromatic N) is 4. The van der Waals surface area contributed by atoms with E-state index in [1.54, 1.807) is 18.6 Å². The minimum Gasteiger partial charge on any atom is -0.380 e. The van der Waals surface area contributed by atoms with E-state index < -0.39 is 0 Å². The van der Waals surface area contributed by atoms with Gasteiger partial charge in [-0.05, 0) is 65.2 Å². The lowest BCUT2D eigenvalue weighted by atomic mass is 10.1. The molecule has 5 aromatic rings. The molecule has 0 unspecified atom stereocenters. The molecule has 1 aliphatic rings. The molecule has 3 aromatic carbocycles. The summed E-state index contributed by atoms with van der Waals surface area (Å²) in [5.41, 5.74) is 6.49. The van der Waals surface area contributed by atoms with Crippen LogP contribution in [-0.2, 0) is 17.8 Å². The Morgan fingerprint density at radius 1 is 0.951 bits per heavy atom. The van der Waals surface area contributed by atoms with Crippen LogP contribution in [0.25, 0.3) is 22.0 Å². The van der Waals surface area contributed by atoms with Crippen molar-refractivity contribution < 1.29 is 14.5 Å². The fraction of sp³-hybridized carbons (Fsp3) is 0.219. The highest BCUT2D eigenvalue weighted by Gasteiger charge is 2.12. The number of anilines is 3. The summed E-state index contributed by atoms with van der Waals surface area (Å²) in [7, 11) is 0. The predicted octanol–water partition coefficient (Wildman–Crippen LogP) is 4.10. The van der Waals surface area contributed by atoms with E-state index in [1.165, 1.54) is 12.1 Å². The zero-order valence-electron chi connectivity index (χ0n) is 22.8. The second-order valence-electron chi connectivity index (χ2n) is 10.1. The van der Waals surface area contributed by atoms with E-state index in [0.29, 0.717) is 12.4 Å². The lowest BCUT2D eigenvalue weighted by Crippen LogP contribution is -2.38. The average Bonchev–Trinajstić information content (AvgIpc) is 3.49. The van der Waals surface area contributed by atoms with Gasteiger partial charge in [-0.15, -0.1) is 0 Å². The van der Waals surface area contributed by atoms with Crippen molar-refractivity contribution in [2.24, 2.45) is 0 Å². The lowest BCUT2D eigenvalue weighted by molar-refractivity contribution is -0.104. The monoisotopic (exact) mass is 550 g/mol. The largest absolute Gasteiger partial charge is 0.380 e. The van der Waals surface area contributed by atoms with Crippen LogP contribution in [0.4, 0.5) is 21.6 Å². The highest BCUT2D eigenvalue weighted by atomic mass is 19.1. The second kappa shape index (κ2) is 12.3. The van der Waals surface area contributed by atoms with Crippen LogP contribution in [0.5, 0.6) is 0 Å². The van der Waals surface area contributed by atoms with Crippen molar-refractivity contribution in [3.8, 4) is 11.1 Å². The van der Waals surface area contributed by atoms with Crippen LogP contribution in [0.2, 0.25) is 0 Å². The molecule has 0 amide bonds. The molecule has 0 aliphatic carbocycles. The maximum Gasteiger partial charge on any atom is 0.169 e. The van der Waals surface area contributed by atoms with Crippen molar-refractivity contribution in [1.82, 2.24) is 19.4 Å². The highest BCUT2D eigenvalue weighted by Crippen LogP contribution is 2.30. The minimum absolute atomic E-state index is 0.254. The summed E-state index contributed by atoms with van der Waals surface area (Å²) in [6.45, 7) is 6.06. The fourth-order valence-corrected chi connectivity index (χ4v) is 5.09. The van der Waals surface area contributed by atoms with E-state index in [9.17, 15) is 4.39 Å². The van der Waals surface area contributed by atoms with E-state index >= 15 is 0 Å². The summed E-state index contributed by atoms with van der Waals surface area (Å²) < 4.78 is 21.2. The molecule has 208 valence electrons. The molecular weight excluding hydrogens is 517 g/mol. The average molecular weight is 551 g/mol. The van der Waals surface area contributed by atoms with Crippen molar-refractivity contribution in [2.75, 3.05) is 43.5 Å². The van der Waals surface area contributed by atoms with E-state index in [-0.39, 0.29) is 5.82 Å². The van der Waals surface area contributed by atoms with Crippen LogP contribution in [0.3, 0.4) is 0 Å². The van der Waals surface area contributed by atoms with Gasteiger partial charge in [-0.1, -0.05) is 18.2 Å². The number of nitrogens with one attached hydrogen (secondary N) is 2. The van der Waals surface area contributed by atoms with Crippen LogP contribution < -0.4 is 16.0 Å². The van der Waals surface area contributed by atoms with Crippen molar-refractivity contribution >= 4 is 34.3 Å². The normalized spacial score (nSPS) is 13.8. The third-order valence-corrected chi connectivity index (χ3v) is 7.36. The van der Waals surface area contributed by atoms with Gasteiger partial charge in [0.1, 0.15) is 18.0 Å². The topological polar surface area (TPSA) is 92.8 Å². The summed E-state index contributed by atoms with van der Waals surface area (Å²) in [5.74, 6) is 0.461. The molecule has 0 atom stereocenters. The molecule has 1 aliphatic heterocycles. The van der Waals surface area contributed by atoms with Gasteiger partial charge in [0.25, 0.3) is 0 Å². The van der Waals surface area contributed by atoms with Crippen LogP contribution in [-0.4, -0.2) is 58.5 Å². The Kier molecular flexibility index (Phi) is 7.97. The van der Waals surface area contributed by atoms with Gasteiger partial charge in [-0.3, -0.25) is 10.3 Å². The van der Waals surface area contributed by atoms with E-state index in [1.807, 2.05) is 30.3 Å². The molecule has 2 aromatic heterocycles. The number of hydrogen-bond acceptors (Lipinski definition) is 6. The Morgan fingerprint density at radius 2 is 1.85 bits per heavy atom. The summed E-state index contributed by atoms with van der Waals surface area (Å²) in [6, 6.07) is 20.8. The number of benzene rings is 3. The highest BCUT2D eigenvalue weighted by molar-refractivity contribution is 5.94. The number of nitrogens with two attached hydrogens (primary N) is 1. The Labute approximate surface area is 238 Å². The maximum absolute atomic E-state index is 13.5. The molecule has 0 radical (unpaired) electrons. The number of hydrogen-bond donors (Lipinski definition) is 3. The number of halogens is 1. The quantitative estimate of drug-likeness (QED) is 0.227. The van der Waals surface area contributed by atoms with Crippen LogP contribution in [0.15, 0.2) is 85.5 Å². The number of fused-ring (bicyclic) bond motifs is 1. The summed E-state index contributed by atoms with van der Waals surface area (Å²) in [6.07, 6.45) is 7.45. The first-order valence-electron chi connectivity index (χ1n) is 13.8. The van der Waals surface area contributed by atoms with Crippen LogP contribution in [0, 0.1) is 5.82 Å². The number of morpholine rings is 1. The number of rotatable bonds is 10. The maximum atomic E-state index is 13.5. The van der Waals surface area contributed by atoms with Crippen molar-refractivity contribution in [3.05, 3.63) is 102 Å². The van der Waals surface area contributed by atoms with Gasteiger partial charge in [-0.25, -0.2) is 14.4 Å². The molecule has 0 saturated carbocycles. The van der Waals surface area contributed by atoms with Gasteiger partial charge in [-0.2, -0.15) is 0 Å². The molecule has 9 heteroatoms. The van der Waals surface area contributed by atoms with Gasteiger partial charge in [0, 0.05) is 61.9 Å². The zero-order chi connectivity index (χ0) is 28.0. The number of ether oxygens (including phenoxy) is 1. The van der Waals surface area contributed by atoms with Crippen molar-refractivity contribution in [1.29, 1.82) is 0 Å². The molecule has 8 nitrogen and oxygen atoms in total. The lowest BCUT2D eigenvalue weighted by Gasteiger charge is -2.26. The Morgan fingerprint density at radius 3 is 2.71 bits per heavy atom. The molecule has 41 heavy (non-hydrogen) atoms. The molecule has 1 fully saturated rings. The second-order valence-corrected chi connectivity index (χ2v) is 10.1. The first-order chi connectivity index (χ1) is 20.1. The van der Waals surface area contributed by atoms with Crippen LogP contribution >= 0.6 is 0 Å². The van der Waals surface area contributed by atoms with E-state index in [4.69, 9.17) is 10.1 Å². The minimum atomic E-state index is -0.254. The number of aromatic nitrogens is 3. The summed E-state index contributed by atoms with van der Waals surface area (Å²) >= 11 is 0. The Hall–Kier alpha value is -4.60. The fourth-order valence-electron chi connectivity index (χ4n) is 5.09. The molecule has 6 rings (SSSR count). The molecule has 0 bridgehead atoms. The van der Waals surface area contributed by atoms with E-state index in [0.717, 1.165) is 83.9 Å². The molecule has 4 N–H and O–H groups in total. The molecule has 3 heterocycles. The Balaban J connectivity index is 1.18. The summed E-state index contributed by atoms with van der Waals surface area (Å²) in [4.78, 5) is 11.5. The molecule has 0 spiro atoms. The first-order valence-corrected chi connectivity index (χ1v) is 13.8. The van der Waals surface area contributed by atoms with Gasteiger partial charge >= 0.3 is 0 Å². The molecular formula is C32H33FN7O+. The Bertz CT molecular complexity index is 1660. The SMILES string of the molecule is [NH2+]=Cc1cc(Nc2ncnc3ccc(-c4ccn(CCN5CCOCC5)c4)cc23)ccc1NCc1cccc(F)c1. The van der Waals surface area contributed by atoms with Crippen molar-refractivity contribution in [2.45, 2.75) is 13.1 Å². The van der Waals surface area contributed by atoms with Gasteiger partial charge in [0.2, 0.25) is 0 Å². The third kappa shape index (κ3) is 6.42. The zero-order valence-corrected chi connectivity index (χ0v) is 22.8. The third-order valence-electron chi connectivity index (χ3n) is 7.36. The van der Waals surface area contributed by atoms with Crippen molar-refractivity contribution in [3.63, 3.8) is 0 Å². The molecule has 1 saturated heterocycles. The van der Waals surface area contributed by atoms with Gasteiger partial charge in [0.05, 0.1) is 24.3 Å². The van der Waals surface area contributed by atoms with Crippen LogP contribution in [0.1, 0.15) is 11.1 Å². The summed E-state index contributed by atoms with van der Waals surface area (Å²) in [5, 5.41) is 13.7. The standard InChI is InChI=1S/C32H32FN7O/c33-27-3-1-2-23(16-27)20-35-30-7-5-28(17-26(30)19-34)38-32-29-18-24(4-6-31(29)36-22-37-32)25-8-9-40(21-25)11-10-39-12-14-41-15-13-39/h1-9,16-19,21-22,34-35H,10-15,20H2,(H,36,37,38)/p+1. The van der Waals surface area contributed by atoms with Gasteiger partial charge in [0.15, 0.2) is 6.21 Å². The van der Waals surface area contributed by atoms with E-state index in [2.05, 4.69) is 60.7 Å². The smallest absolute Gasteiger partial charge is 0.169 e.